The first-order valence-electron chi connectivity index (χ1n) is 9.83. The molecule has 8 heteroatoms. The molecule has 2 unspecified atom stereocenters. The van der Waals surface area contributed by atoms with Crippen molar-refractivity contribution in [3.63, 3.8) is 0 Å². The van der Waals surface area contributed by atoms with Crippen LogP contribution >= 0.6 is 0 Å². The Morgan fingerprint density at radius 2 is 1.60 bits per heavy atom. The lowest BCUT2D eigenvalue weighted by Gasteiger charge is -2.25. The van der Waals surface area contributed by atoms with E-state index in [-0.39, 0.29) is 18.9 Å². The first-order chi connectivity index (χ1) is 13.9. The van der Waals surface area contributed by atoms with Gasteiger partial charge in [-0.05, 0) is 32.3 Å². The fourth-order valence-corrected chi connectivity index (χ4v) is 2.64. The second-order valence-electron chi connectivity index (χ2n) is 8.39. The SMILES string of the molecule is CC(C)C(CC(=O)OC(C)(C)C)C(=O)NC(CC(=O)OCc1ccccc1)C(=O)O. The van der Waals surface area contributed by atoms with Crippen molar-refractivity contribution in [2.45, 2.75) is 65.7 Å². The highest BCUT2D eigenvalue weighted by atomic mass is 16.6. The minimum absolute atomic E-state index is 0.00716. The van der Waals surface area contributed by atoms with Crippen molar-refractivity contribution in [2.24, 2.45) is 11.8 Å². The summed E-state index contributed by atoms with van der Waals surface area (Å²) in [7, 11) is 0. The van der Waals surface area contributed by atoms with Crippen LogP contribution in [-0.2, 0) is 35.3 Å². The van der Waals surface area contributed by atoms with E-state index in [2.05, 4.69) is 5.32 Å². The van der Waals surface area contributed by atoms with E-state index in [4.69, 9.17) is 9.47 Å². The van der Waals surface area contributed by atoms with Gasteiger partial charge >= 0.3 is 17.9 Å². The molecule has 0 heterocycles. The Labute approximate surface area is 176 Å². The molecule has 0 radical (unpaired) electrons. The summed E-state index contributed by atoms with van der Waals surface area (Å²) in [6.07, 6.45) is -0.712. The lowest BCUT2D eigenvalue weighted by atomic mass is 9.91. The van der Waals surface area contributed by atoms with Gasteiger partial charge in [0.2, 0.25) is 5.91 Å². The van der Waals surface area contributed by atoms with Crippen molar-refractivity contribution in [2.75, 3.05) is 0 Å². The smallest absolute Gasteiger partial charge is 0.326 e. The van der Waals surface area contributed by atoms with E-state index in [9.17, 15) is 24.3 Å². The van der Waals surface area contributed by atoms with Gasteiger partial charge in [0.05, 0.1) is 18.8 Å². The van der Waals surface area contributed by atoms with Crippen LogP contribution in [0.25, 0.3) is 0 Å². The second kappa shape index (κ2) is 11.3. The summed E-state index contributed by atoms with van der Waals surface area (Å²) < 4.78 is 10.3. The van der Waals surface area contributed by atoms with Crippen LogP contribution in [0.15, 0.2) is 30.3 Å². The Bertz CT molecular complexity index is 738. The summed E-state index contributed by atoms with van der Waals surface area (Å²) >= 11 is 0. The van der Waals surface area contributed by atoms with Gasteiger partial charge in [-0.1, -0.05) is 44.2 Å². The average Bonchev–Trinajstić information content (AvgIpc) is 2.63. The van der Waals surface area contributed by atoms with E-state index in [0.717, 1.165) is 5.56 Å². The molecule has 0 fully saturated rings. The molecule has 0 spiro atoms. The molecule has 1 aromatic carbocycles. The van der Waals surface area contributed by atoms with Gasteiger partial charge < -0.3 is 19.9 Å². The van der Waals surface area contributed by atoms with Crippen LogP contribution in [0.5, 0.6) is 0 Å². The van der Waals surface area contributed by atoms with Gasteiger partial charge in [-0.2, -0.15) is 0 Å². The molecule has 0 aliphatic rings. The van der Waals surface area contributed by atoms with Gasteiger partial charge in [0, 0.05) is 0 Å². The summed E-state index contributed by atoms with van der Waals surface area (Å²) in [5.41, 5.74) is 0.0697. The number of nitrogens with one attached hydrogen (secondary N) is 1. The number of aliphatic carboxylic acids is 1. The number of carboxylic acid groups (broad SMARTS) is 1. The molecule has 0 aliphatic carbocycles. The number of carbonyl (C=O) groups excluding carboxylic acids is 3. The highest BCUT2D eigenvalue weighted by molar-refractivity contribution is 5.89. The van der Waals surface area contributed by atoms with E-state index < -0.39 is 47.8 Å². The van der Waals surface area contributed by atoms with Gasteiger partial charge in [-0.25, -0.2) is 4.79 Å². The third-order valence-corrected chi connectivity index (χ3v) is 4.18. The fourth-order valence-electron chi connectivity index (χ4n) is 2.64. The van der Waals surface area contributed by atoms with Crippen LogP contribution in [-0.4, -0.2) is 40.6 Å². The molecule has 0 aromatic heterocycles. The Balaban J connectivity index is 2.69. The molecule has 0 bridgehead atoms. The maximum Gasteiger partial charge on any atom is 0.326 e. The zero-order valence-electron chi connectivity index (χ0n) is 18.1. The first kappa shape index (κ1) is 25.1. The standard InChI is InChI=1S/C22H31NO7/c1-14(2)16(11-19(25)30-22(3,4)5)20(26)23-17(21(27)28)12-18(24)29-13-15-9-7-6-8-10-15/h6-10,14,16-17H,11-13H2,1-5H3,(H,23,26)(H,27,28). The highest BCUT2D eigenvalue weighted by Crippen LogP contribution is 2.19. The Morgan fingerprint density at radius 1 is 1.00 bits per heavy atom. The fraction of sp³-hybridized carbons (Fsp3) is 0.545. The minimum atomic E-state index is -1.46. The number of amides is 1. The number of hydrogen-bond acceptors (Lipinski definition) is 6. The van der Waals surface area contributed by atoms with E-state index in [1.54, 1.807) is 58.9 Å². The van der Waals surface area contributed by atoms with Crippen LogP contribution in [0.2, 0.25) is 0 Å². The van der Waals surface area contributed by atoms with Gasteiger partial charge in [0.15, 0.2) is 0 Å². The van der Waals surface area contributed by atoms with E-state index in [1.807, 2.05) is 6.07 Å². The monoisotopic (exact) mass is 421 g/mol. The maximum atomic E-state index is 12.6. The quantitative estimate of drug-likeness (QED) is 0.558. The van der Waals surface area contributed by atoms with E-state index in [1.165, 1.54) is 0 Å². The third-order valence-electron chi connectivity index (χ3n) is 4.18. The van der Waals surface area contributed by atoms with Crippen molar-refractivity contribution >= 4 is 23.8 Å². The second-order valence-corrected chi connectivity index (χ2v) is 8.39. The van der Waals surface area contributed by atoms with E-state index >= 15 is 0 Å². The lowest BCUT2D eigenvalue weighted by molar-refractivity contribution is -0.158. The van der Waals surface area contributed by atoms with Crippen molar-refractivity contribution < 1.29 is 33.8 Å². The first-order valence-corrected chi connectivity index (χ1v) is 9.83. The molecule has 0 aliphatic heterocycles. The van der Waals surface area contributed by atoms with E-state index in [0.29, 0.717) is 0 Å². The normalized spacial score (nSPS) is 13.3. The molecule has 1 amide bonds. The van der Waals surface area contributed by atoms with Crippen LogP contribution in [0, 0.1) is 11.8 Å². The molecular weight excluding hydrogens is 390 g/mol. The molecule has 8 nitrogen and oxygen atoms in total. The molecule has 2 atom stereocenters. The molecule has 1 rings (SSSR count). The lowest BCUT2D eigenvalue weighted by Crippen LogP contribution is -2.46. The highest BCUT2D eigenvalue weighted by Gasteiger charge is 2.32. The zero-order valence-corrected chi connectivity index (χ0v) is 18.1. The largest absolute Gasteiger partial charge is 0.480 e. The molecule has 30 heavy (non-hydrogen) atoms. The van der Waals surface area contributed by atoms with Crippen molar-refractivity contribution in [3.05, 3.63) is 35.9 Å². The van der Waals surface area contributed by atoms with Gasteiger partial charge in [0.1, 0.15) is 18.2 Å². The number of carbonyl (C=O) groups is 4. The third kappa shape index (κ3) is 9.54. The summed E-state index contributed by atoms with van der Waals surface area (Å²) in [6, 6.07) is 7.49. The molecule has 0 saturated heterocycles. The maximum absolute atomic E-state index is 12.6. The summed E-state index contributed by atoms with van der Waals surface area (Å²) in [5, 5.41) is 11.7. The number of hydrogen-bond donors (Lipinski definition) is 2. The van der Waals surface area contributed by atoms with Crippen LogP contribution in [0.1, 0.15) is 53.0 Å². The Morgan fingerprint density at radius 3 is 2.10 bits per heavy atom. The Hall–Kier alpha value is -2.90. The number of rotatable bonds is 10. The predicted molar refractivity (Wildman–Crippen MR) is 109 cm³/mol. The van der Waals surface area contributed by atoms with Gasteiger partial charge in [-0.3, -0.25) is 14.4 Å². The summed E-state index contributed by atoms with van der Waals surface area (Å²) in [4.78, 5) is 48.3. The van der Waals surface area contributed by atoms with Crippen molar-refractivity contribution in [1.29, 1.82) is 0 Å². The summed E-state index contributed by atoms with van der Waals surface area (Å²) in [6.45, 7) is 8.66. The molecule has 1 aromatic rings. The number of benzene rings is 1. The topological polar surface area (TPSA) is 119 Å². The number of ether oxygens (including phenoxy) is 2. The predicted octanol–water partition coefficient (Wildman–Crippen LogP) is 2.69. The molecule has 0 saturated carbocycles. The number of carboxylic acids is 1. The van der Waals surface area contributed by atoms with Crippen molar-refractivity contribution in [3.8, 4) is 0 Å². The average molecular weight is 421 g/mol. The molecule has 2 N–H and O–H groups in total. The molecular formula is C22H31NO7. The van der Waals surface area contributed by atoms with Gasteiger partial charge in [-0.15, -0.1) is 0 Å². The summed E-state index contributed by atoms with van der Waals surface area (Å²) in [5.74, 6) is -4.32. The van der Waals surface area contributed by atoms with Crippen LogP contribution < -0.4 is 5.32 Å². The minimum Gasteiger partial charge on any atom is -0.480 e. The van der Waals surface area contributed by atoms with Crippen LogP contribution in [0.3, 0.4) is 0 Å². The molecule has 166 valence electrons. The van der Waals surface area contributed by atoms with Crippen LogP contribution in [0.4, 0.5) is 0 Å². The number of esters is 2. The Kier molecular flexibility index (Phi) is 9.49. The zero-order chi connectivity index (χ0) is 22.9. The van der Waals surface area contributed by atoms with Gasteiger partial charge in [0.25, 0.3) is 0 Å². The van der Waals surface area contributed by atoms with Crippen molar-refractivity contribution in [1.82, 2.24) is 5.32 Å².